The van der Waals surface area contributed by atoms with Crippen LogP contribution in [0.15, 0.2) is 30.3 Å². The molecule has 0 radical (unpaired) electrons. The maximum absolute atomic E-state index is 13.2. The van der Waals surface area contributed by atoms with Gasteiger partial charge in [0, 0.05) is 31.1 Å². The van der Waals surface area contributed by atoms with Crippen molar-refractivity contribution in [2.24, 2.45) is 0 Å². The second-order valence-electron chi connectivity index (χ2n) is 10.1. The average Bonchev–Trinajstić information content (AvgIpc) is 3.14. The molecule has 4 aliphatic rings. The van der Waals surface area contributed by atoms with Crippen molar-refractivity contribution in [1.29, 1.82) is 0 Å². The maximum atomic E-state index is 13.2. The Morgan fingerprint density at radius 1 is 0.917 bits per heavy atom. The van der Waals surface area contributed by atoms with E-state index in [4.69, 9.17) is 4.98 Å². The molecule has 36 heavy (non-hydrogen) atoms. The first-order chi connectivity index (χ1) is 17.5. The van der Waals surface area contributed by atoms with E-state index in [1.165, 1.54) is 5.56 Å². The minimum Gasteiger partial charge on any atom is -0.352 e. The molecule has 1 aromatic heterocycles. The first-order valence-electron chi connectivity index (χ1n) is 12.8. The summed E-state index contributed by atoms with van der Waals surface area (Å²) in [6, 6.07) is 8.77. The van der Waals surface area contributed by atoms with Gasteiger partial charge in [-0.05, 0) is 74.5 Å². The first-order valence-corrected chi connectivity index (χ1v) is 12.8. The number of fused-ring (bicyclic) bond motifs is 2. The van der Waals surface area contributed by atoms with Gasteiger partial charge in [0.2, 0.25) is 11.8 Å². The Kier molecular flexibility index (Phi) is 5.79. The number of pyridine rings is 1. The van der Waals surface area contributed by atoms with Gasteiger partial charge in [-0.3, -0.25) is 29.4 Å². The highest BCUT2D eigenvalue weighted by Crippen LogP contribution is 2.33. The Balaban J connectivity index is 1.24. The molecule has 2 fully saturated rings. The number of nitrogens with one attached hydrogen (secondary N) is 2. The summed E-state index contributed by atoms with van der Waals surface area (Å²) in [7, 11) is 0. The molecule has 4 amide bonds. The lowest BCUT2D eigenvalue weighted by atomic mass is 9.93. The van der Waals surface area contributed by atoms with Crippen LogP contribution in [-0.4, -0.2) is 59.2 Å². The van der Waals surface area contributed by atoms with E-state index >= 15 is 0 Å². The number of hydrogen-bond donors (Lipinski definition) is 2. The predicted molar refractivity (Wildman–Crippen MR) is 132 cm³/mol. The summed E-state index contributed by atoms with van der Waals surface area (Å²) in [5, 5.41) is 5.65. The molecule has 2 N–H and O–H groups in total. The molecule has 0 spiro atoms. The van der Waals surface area contributed by atoms with Gasteiger partial charge in [-0.1, -0.05) is 12.1 Å². The largest absolute Gasteiger partial charge is 0.352 e. The molecule has 1 atom stereocenters. The Morgan fingerprint density at radius 3 is 2.53 bits per heavy atom. The second kappa shape index (κ2) is 9.13. The summed E-state index contributed by atoms with van der Waals surface area (Å²) in [4.78, 5) is 58.4. The molecule has 0 saturated carbocycles. The molecule has 6 rings (SSSR count). The molecule has 9 heteroatoms. The van der Waals surface area contributed by atoms with E-state index in [1.54, 1.807) is 12.1 Å². The zero-order valence-corrected chi connectivity index (χ0v) is 20.1. The molecule has 1 unspecified atom stereocenters. The third kappa shape index (κ3) is 3.97. The van der Waals surface area contributed by atoms with Gasteiger partial charge >= 0.3 is 0 Å². The number of amides is 4. The number of carbonyl (C=O) groups is 4. The van der Waals surface area contributed by atoms with Gasteiger partial charge < -0.3 is 10.2 Å². The van der Waals surface area contributed by atoms with Crippen molar-refractivity contribution in [2.75, 3.05) is 24.5 Å². The molecular weight excluding hydrogens is 458 g/mol. The fraction of sp³-hybridized carbons (Fsp3) is 0.444. The van der Waals surface area contributed by atoms with E-state index < -0.39 is 23.8 Å². The van der Waals surface area contributed by atoms with Crippen LogP contribution in [0.3, 0.4) is 0 Å². The Labute approximate surface area is 209 Å². The quantitative estimate of drug-likeness (QED) is 0.634. The van der Waals surface area contributed by atoms with Crippen LogP contribution in [0.2, 0.25) is 0 Å². The monoisotopic (exact) mass is 487 g/mol. The summed E-state index contributed by atoms with van der Waals surface area (Å²) in [5.74, 6) is -0.438. The summed E-state index contributed by atoms with van der Waals surface area (Å²) in [6.45, 7) is 3.50. The Morgan fingerprint density at radius 2 is 1.72 bits per heavy atom. The highest BCUT2D eigenvalue weighted by molar-refractivity contribution is 6.23. The minimum absolute atomic E-state index is 0.107. The first kappa shape index (κ1) is 22.8. The maximum Gasteiger partial charge on any atom is 0.262 e. The molecule has 0 aliphatic carbocycles. The highest BCUT2D eigenvalue weighted by Gasteiger charge is 2.44. The fourth-order valence-corrected chi connectivity index (χ4v) is 5.86. The third-order valence-corrected chi connectivity index (χ3v) is 7.79. The molecule has 2 aromatic rings. The molecule has 0 bridgehead atoms. The number of aryl methyl sites for hydroxylation is 1. The number of anilines is 1. The fourth-order valence-electron chi connectivity index (χ4n) is 5.86. The van der Waals surface area contributed by atoms with Gasteiger partial charge in [-0.25, -0.2) is 4.98 Å². The van der Waals surface area contributed by atoms with Crippen LogP contribution in [-0.2, 0) is 22.6 Å². The van der Waals surface area contributed by atoms with Crippen LogP contribution in [0.25, 0.3) is 0 Å². The van der Waals surface area contributed by atoms with E-state index in [-0.39, 0.29) is 18.7 Å². The number of piperidine rings is 2. The number of aromatic nitrogens is 1. The number of nitrogens with zero attached hydrogens (tertiary/aromatic N) is 3. The SMILES string of the molecule is O=C1CCC(N2C(=O)c3ccc(CN4CCCc5ccc(C6CCNCC6)nc54)cc3C2=O)C(=O)N1. The zero-order valence-electron chi connectivity index (χ0n) is 20.1. The topological polar surface area (TPSA) is 112 Å². The van der Waals surface area contributed by atoms with Crippen LogP contribution in [0.1, 0.15) is 75.6 Å². The number of benzene rings is 1. The number of rotatable bonds is 4. The highest BCUT2D eigenvalue weighted by atomic mass is 16.2. The second-order valence-corrected chi connectivity index (χ2v) is 10.1. The number of imide groups is 2. The normalized spacial score (nSPS) is 22.5. The van der Waals surface area contributed by atoms with Crippen molar-refractivity contribution in [3.05, 3.63) is 58.3 Å². The Hall–Kier alpha value is -3.59. The van der Waals surface area contributed by atoms with Crippen molar-refractivity contribution >= 4 is 29.4 Å². The lowest BCUT2D eigenvalue weighted by Gasteiger charge is -2.32. The Bertz CT molecular complexity index is 1270. The van der Waals surface area contributed by atoms with Crippen molar-refractivity contribution in [2.45, 2.75) is 57.0 Å². The molecule has 1 aromatic carbocycles. The van der Waals surface area contributed by atoms with Crippen molar-refractivity contribution < 1.29 is 19.2 Å². The zero-order chi connectivity index (χ0) is 24.8. The van der Waals surface area contributed by atoms with Crippen LogP contribution < -0.4 is 15.5 Å². The average molecular weight is 488 g/mol. The van der Waals surface area contributed by atoms with Crippen molar-refractivity contribution in [3.8, 4) is 0 Å². The van der Waals surface area contributed by atoms with E-state index in [2.05, 4.69) is 27.7 Å². The van der Waals surface area contributed by atoms with Gasteiger partial charge in [-0.2, -0.15) is 0 Å². The van der Waals surface area contributed by atoms with Crippen molar-refractivity contribution in [1.82, 2.24) is 20.5 Å². The van der Waals surface area contributed by atoms with Gasteiger partial charge in [-0.15, -0.1) is 0 Å². The predicted octanol–water partition coefficient (Wildman–Crippen LogP) is 1.90. The van der Waals surface area contributed by atoms with Gasteiger partial charge in [0.15, 0.2) is 0 Å². The van der Waals surface area contributed by atoms with E-state index in [9.17, 15) is 19.2 Å². The third-order valence-electron chi connectivity index (χ3n) is 7.79. The van der Waals surface area contributed by atoms with Gasteiger partial charge in [0.25, 0.3) is 11.8 Å². The summed E-state index contributed by atoms with van der Waals surface area (Å²) < 4.78 is 0. The molecular formula is C27H29N5O4. The molecule has 186 valence electrons. The molecule has 2 saturated heterocycles. The van der Waals surface area contributed by atoms with Crippen molar-refractivity contribution in [3.63, 3.8) is 0 Å². The van der Waals surface area contributed by atoms with E-state index in [1.807, 2.05) is 6.07 Å². The van der Waals surface area contributed by atoms with Crippen LogP contribution >= 0.6 is 0 Å². The summed E-state index contributed by atoms with van der Waals surface area (Å²) in [5.41, 5.74) is 3.93. The van der Waals surface area contributed by atoms with Crippen LogP contribution in [0.4, 0.5) is 5.82 Å². The summed E-state index contributed by atoms with van der Waals surface area (Å²) >= 11 is 0. The van der Waals surface area contributed by atoms with E-state index in [0.717, 1.165) is 67.3 Å². The van der Waals surface area contributed by atoms with Gasteiger partial charge in [0.1, 0.15) is 11.9 Å². The molecule has 5 heterocycles. The smallest absolute Gasteiger partial charge is 0.262 e. The van der Waals surface area contributed by atoms with E-state index in [0.29, 0.717) is 23.6 Å². The lowest BCUT2D eigenvalue weighted by Crippen LogP contribution is -2.54. The summed E-state index contributed by atoms with van der Waals surface area (Å²) in [6.07, 6.45) is 4.48. The van der Waals surface area contributed by atoms with Gasteiger partial charge in [0.05, 0.1) is 11.1 Å². The molecule has 4 aliphatic heterocycles. The standard InChI is InChI=1S/C27H29N5O4/c33-23-8-7-22(25(34)30-23)32-26(35)19-5-3-16(14-20(19)27(32)36)15-31-13-1-2-18-4-6-21(29-24(18)31)17-9-11-28-12-10-17/h3-6,14,17,22,28H,1-2,7-13,15H2,(H,30,33,34). The number of carbonyl (C=O) groups excluding carboxylic acids is 4. The lowest BCUT2D eigenvalue weighted by molar-refractivity contribution is -0.136. The number of hydrogen-bond acceptors (Lipinski definition) is 7. The van der Waals surface area contributed by atoms with Crippen LogP contribution in [0, 0.1) is 0 Å². The van der Waals surface area contributed by atoms with Crippen LogP contribution in [0.5, 0.6) is 0 Å². The molecule has 9 nitrogen and oxygen atoms in total. The minimum atomic E-state index is -0.954.